The van der Waals surface area contributed by atoms with Crippen molar-refractivity contribution >= 4 is 11.8 Å². The van der Waals surface area contributed by atoms with E-state index in [0.717, 1.165) is 0 Å². The summed E-state index contributed by atoms with van der Waals surface area (Å²) in [5, 5.41) is 2.79. The van der Waals surface area contributed by atoms with Crippen molar-refractivity contribution in [1.82, 2.24) is 5.32 Å². The van der Waals surface area contributed by atoms with Crippen molar-refractivity contribution in [1.29, 1.82) is 0 Å². The number of hydrogen-bond acceptors (Lipinski definition) is 4. The van der Waals surface area contributed by atoms with Crippen LogP contribution in [0.15, 0.2) is 0 Å². The van der Waals surface area contributed by atoms with Gasteiger partial charge in [-0.1, -0.05) is 0 Å². The zero-order valence-corrected chi connectivity index (χ0v) is 9.22. The Hall–Kier alpha value is -0.970. The summed E-state index contributed by atoms with van der Waals surface area (Å²) in [4.78, 5) is 21.6. The molecule has 0 aliphatic carbocycles. The van der Waals surface area contributed by atoms with Gasteiger partial charge in [0.05, 0.1) is 13.0 Å². The molecular weight excluding hydrogens is 201 g/mol. The van der Waals surface area contributed by atoms with Gasteiger partial charge in [0, 0.05) is 19.0 Å². The Morgan fingerprint density at radius 1 is 1.47 bits per heavy atom. The van der Waals surface area contributed by atoms with Crippen LogP contribution in [0.5, 0.6) is 0 Å². The molecule has 0 saturated carbocycles. The third kappa shape index (κ3) is 8.05. The van der Waals surface area contributed by atoms with E-state index in [1.807, 2.05) is 0 Å². The van der Waals surface area contributed by atoms with Gasteiger partial charge in [-0.3, -0.25) is 9.59 Å². The normalized spacial score (nSPS) is 12.2. The number of halogens is 1. The van der Waals surface area contributed by atoms with Gasteiger partial charge in [-0.2, -0.15) is 0 Å². The average Bonchev–Trinajstić information content (AvgIpc) is 2.16. The molecule has 0 rings (SSSR count). The quantitative estimate of drug-likeness (QED) is 0.615. The minimum Gasteiger partial charge on any atom is -0.466 e. The van der Waals surface area contributed by atoms with Crippen LogP contribution < -0.4 is 5.32 Å². The molecule has 1 unspecified atom stereocenters. The molecule has 0 amide bonds. The lowest BCUT2D eigenvalue weighted by Crippen LogP contribution is -2.34. The number of carbonyl (C=O) groups excluding carboxylic acids is 2. The zero-order valence-electron chi connectivity index (χ0n) is 9.22. The van der Waals surface area contributed by atoms with Crippen molar-refractivity contribution in [2.75, 3.05) is 19.8 Å². The molecule has 0 aromatic carbocycles. The summed E-state index contributed by atoms with van der Waals surface area (Å²) in [7, 11) is 0. The molecule has 0 aliphatic heterocycles. The predicted octanol–water partition coefficient (Wildman–Crippen LogP) is 0.846. The summed E-state index contributed by atoms with van der Waals surface area (Å²) in [5.41, 5.74) is 0. The smallest absolute Gasteiger partial charge is 0.307 e. The van der Waals surface area contributed by atoms with Gasteiger partial charge in [0.15, 0.2) is 0 Å². The van der Waals surface area contributed by atoms with Gasteiger partial charge in [-0.25, -0.2) is 4.39 Å². The Morgan fingerprint density at radius 2 is 2.13 bits per heavy atom. The Kier molecular flexibility index (Phi) is 7.81. The second kappa shape index (κ2) is 8.35. The second-order valence-electron chi connectivity index (χ2n) is 3.27. The highest BCUT2D eigenvalue weighted by atomic mass is 19.1. The topological polar surface area (TPSA) is 55.4 Å². The lowest BCUT2D eigenvalue weighted by molar-refractivity contribution is -0.143. The monoisotopic (exact) mass is 219 g/mol. The largest absolute Gasteiger partial charge is 0.466 e. The molecule has 15 heavy (non-hydrogen) atoms. The van der Waals surface area contributed by atoms with E-state index in [-0.39, 0.29) is 24.6 Å². The van der Waals surface area contributed by atoms with E-state index in [1.165, 1.54) is 6.92 Å². The summed E-state index contributed by atoms with van der Waals surface area (Å²) in [6.07, 6.45) is 0.349. The first-order chi connectivity index (χ1) is 7.10. The number of rotatable bonds is 8. The third-order valence-electron chi connectivity index (χ3n) is 1.79. The maximum atomic E-state index is 12.4. The fourth-order valence-corrected chi connectivity index (χ4v) is 1.14. The number of nitrogens with one attached hydrogen (secondary N) is 1. The van der Waals surface area contributed by atoms with Crippen LogP contribution in [0.3, 0.4) is 0 Å². The summed E-state index contributed by atoms with van der Waals surface area (Å²) in [6, 6.07) is -0.489. The number of carbonyl (C=O) groups is 2. The maximum Gasteiger partial charge on any atom is 0.307 e. The van der Waals surface area contributed by atoms with E-state index in [9.17, 15) is 14.0 Å². The highest BCUT2D eigenvalue weighted by Gasteiger charge is 2.11. The first kappa shape index (κ1) is 14.0. The van der Waals surface area contributed by atoms with Crippen molar-refractivity contribution in [2.45, 2.75) is 32.7 Å². The lowest BCUT2D eigenvalue weighted by Gasteiger charge is -2.12. The fraction of sp³-hybridized carbons (Fsp3) is 0.800. The maximum absolute atomic E-state index is 12.4. The first-order valence-electron chi connectivity index (χ1n) is 5.04. The van der Waals surface area contributed by atoms with Crippen LogP contribution in [0, 0.1) is 0 Å². The van der Waals surface area contributed by atoms with Crippen LogP contribution in [0.25, 0.3) is 0 Å². The number of esters is 1. The molecule has 88 valence electrons. The van der Waals surface area contributed by atoms with Gasteiger partial charge < -0.3 is 10.1 Å². The van der Waals surface area contributed by atoms with Gasteiger partial charge in [-0.05, 0) is 13.8 Å². The van der Waals surface area contributed by atoms with Gasteiger partial charge in [-0.15, -0.1) is 0 Å². The Labute approximate surface area is 89.2 Å². The van der Waals surface area contributed by atoms with Gasteiger partial charge in [0.2, 0.25) is 0 Å². The predicted molar refractivity (Wildman–Crippen MR) is 54.3 cm³/mol. The van der Waals surface area contributed by atoms with Gasteiger partial charge in [0.25, 0.3) is 0 Å². The summed E-state index contributed by atoms with van der Waals surface area (Å²) in [5.74, 6) is -0.383. The fourth-order valence-electron chi connectivity index (χ4n) is 1.14. The highest BCUT2D eigenvalue weighted by Crippen LogP contribution is 1.95. The van der Waals surface area contributed by atoms with Crippen molar-refractivity contribution in [3.8, 4) is 0 Å². The van der Waals surface area contributed by atoms with Crippen molar-refractivity contribution < 1.29 is 18.7 Å². The molecular formula is C10H18FNO3. The average molecular weight is 219 g/mol. The van der Waals surface area contributed by atoms with Crippen LogP contribution in [-0.4, -0.2) is 37.6 Å². The molecule has 0 radical (unpaired) electrons. The molecule has 1 atom stereocenters. The summed E-state index contributed by atoms with van der Waals surface area (Å²) in [6.45, 7) is 3.21. The van der Waals surface area contributed by atoms with E-state index in [1.54, 1.807) is 6.92 Å². The number of ketones is 1. The number of Topliss-reactive ketones (excluding diaryl/α,β-unsaturated/α-hetero) is 1. The van der Waals surface area contributed by atoms with E-state index in [2.05, 4.69) is 5.32 Å². The van der Waals surface area contributed by atoms with E-state index in [0.29, 0.717) is 13.2 Å². The second-order valence-corrected chi connectivity index (χ2v) is 3.27. The molecule has 0 fully saturated rings. The van der Waals surface area contributed by atoms with Crippen molar-refractivity contribution in [2.24, 2.45) is 0 Å². The molecule has 0 saturated heterocycles. The van der Waals surface area contributed by atoms with E-state index in [4.69, 9.17) is 4.74 Å². The van der Waals surface area contributed by atoms with Crippen LogP contribution in [0.2, 0.25) is 0 Å². The summed E-state index contributed by atoms with van der Waals surface area (Å²) >= 11 is 0. The SMILES string of the molecule is CCOC(=O)CCNC(CF)CC(C)=O. The molecule has 0 aromatic rings. The number of alkyl halides is 1. The van der Waals surface area contributed by atoms with Crippen LogP contribution in [0.4, 0.5) is 4.39 Å². The third-order valence-corrected chi connectivity index (χ3v) is 1.79. The molecule has 0 bridgehead atoms. The Balaban J connectivity index is 3.62. The van der Waals surface area contributed by atoms with Crippen LogP contribution in [-0.2, 0) is 14.3 Å². The van der Waals surface area contributed by atoms with Crippen molar-refractivity contribution in [3.05, 3.63) is 0 Å². The Morgan fingerprint density at radius 3 is 2.60 bits per heavy atom. The van der Waals surface area contributed by atoms with E-state index >= 15 is 0 Å². The molecule has 0 spiro atoms. The van der Waals surface area contributed by atoms with Gasteiger partial charge in [0.1, 0.15) is 12.5 Å². The highest BCUT2D eigenvalue weighted by molar-refractivity contribution is 5.76. The molecule has 0 heterocycles. The number of hydrogen-bond donors (Lipinski definition) is 1. The van der Waals surface area contributed by atoms with Crippen LogP contribution in [0.1, 0.15) is 26.7 Å². The summed E-state index contributed by atoms with van der Waals surface area (Å²) < 4.78 is 17.1. The molecule has 5 heteroatoms. The zero-order chi connectivity index (χ0) is 11.7. The van der Waals surface area contributed by atoms with Crippen molar-refractivity contribution in [3.63, 3.8) is 0 Å². The van der Waals surface area contributed by atoms with Gasteiger partial charge >= 0.3 is 5.97 Å². The molecule has 0 aliphatic rings. The minimum atomic E-state index is -0.609. The Bertz CT molecular complexity index is 209. The minimum absolute atomic E-state index is 0.0683. The van der Waals surface area contributed by atoms with Crippen LogP contribution >= 0.6 is 0 Å². The number of ether oxygens (including phenoxy) is 1. The van der Waals surface area contributed by atoms with E-state index < -0.39 is 12.7 Å². The molecule has 0 aromatic heterocycles. The standard InChI is InChI=1S/C10H18FNO3/c1-3-15-10(14)4-5-12-9(7-11)6-8(2)13/h9,12H,3-7H2,1-2H3. The molecule has 4 nitrogen and oxygen atoms in total. The first-order valence-corrected chi connectivity index (χ1v) is 5.04. The molecule has 1 N–H and O–H groups in total. The lowest BCUT2D eigenvalue weighted by atomic mass is 10.1.